The lowest BCUT2D eigenvalue weighted by Gasteiger charge is -2.37. The summed E-state index contributed by atoms with van der Waals surface area (Å²) in [6.07, 6.45) is -6.52. The average Bonchev–Trinajstić information content (AvgIpc) is 3.38. The van der Waals surface area contributed by atoms with Crippen LogP contribution in [-0.2, 0) is 29.4 Å². The third-order valence-electron chi connectivity index (χ3n) is 7.84. The number of aromatic amines is 1. The lowest BCUT2D eigenvalue weighted by molar-refractivity contribution is -0.159. The van der Waals surface area contributed by atoms with Crippen molar-refractivity contribution in [2.45, 2.75) is 43.1 Å². The van der Waals surface area contributed by atoms with Crippen LogP contribution in [-0.4, -0.2) is 65.8 Å². The number of halogens is 1. The van der Waals surface area contributed by atoms with Gasteiger partial charge in [-0.3, -0.25) is 23.9 Å². The Morgan fingerprint density at radius 3 is 1.98 bits per heavy atom. The molecule has 12 nitrogen and oxygen atoms in total. The Hall–Kier alpha value is -5.27. The van der Waals surface area contributed by atoms with Gasteiger partial charge in [-0.1, -0.05) is 54.6 Å². The third-order valence-corrected chi connectivity index (χ3v) is 7.84. The number of aliphatic carboxylic acids is 1. The zero-order valence-electron chi connectivity index (χ0n) is 25.5. The Morgan fingerprint density at radius 1 is 0.872 bits per heavy atom. The lowest BCUT2D eigenvalue weighted by atomic mass is 9.80. The number of hydrogen-bond donors (Lipinski definition) is 2. The van der Waals surface area contributed by atoms with Gasteiger partial charge in [-0.2, -0.15) is 0 Å². The van der Waals surface area contributed by atoms with Crippen molar-refractivity contribution in [2.24, 2.45) is 0 Å². The van der Waals surface area contributed by atoms with Crippen molar-refractivity contribution >= 4 is 11.9 Å². The minimum atomic E-state index is -2.09. The summed E-state index contributed by atoms with van der Waals surface area (Å²) in [6, 6.07) is 24.7. The summed E-state index contributed by atoms with van der Waals surface area (Å²) in [7, 11) is 3.10. The second kappa shape index (κ2) is 14.4. The number of hydrogen-bond acceptors (Lipinski definition) is 9. The highest BCUT2D eigenvalue weighted by Crippen LogP contribution is 2.43. The number of carbonyl (C=O) groups is 2. The standard InChI is InChI=1S/C34H33FN2O10/c1-43-24-12-8-22(9-13-24)34(21-6-4-3-5-7-21,23-10-14-25(44-2)15-11-23)45-20-26-31(47-29(41)17-16-28(39)40)30(35)32(46-26)37-19-18-27(38)36-33(37)42/h3-15,18-19,26,30-32H,16-17,20H2,1-2H3,(H,39,40)(H,36,38,42)/t26-,30-,31-,32-/m1/s1. The molecule has 1 aromatic heterocycles. The number of nitrogens with zero attached hydrogens (tertiary/aromatic N) is 1. The number of H-pyrrole nitrogens is 1. The molecular weight excluding hydrogens is 615 g/mol. The molecule has 1 saturated heterocycles. The number of carboxylic acid groups (broad SMARTS) is 1. The van der Waals surface area contributed by atoms with Crippen LogP contribution in [0.25, 0.3) is 0 Å². The molecule has 3 aromatic carbocycles. The molecule has 1 aliphatic heterocycles. The largest absolute Gasteiger partial charge is 0.497 e. The van der Waals surface area contributed by atoms with E-state index in [0.717, 1.165) is 16.8 Å². The first kappa shape index (κ1) is 33.1. The van der Waals surface area contributed by atoms with Gasteiger partial charge in [0.25, 0.3) is 5.56 Å². The smallest absolute Gasteiger partial charge is 0.330 e. The van der Waals surface area contributed by atoms with Crippen LogP contribution in [0.15, 0.2) is 101 Å². The van der Waals surface area contributed by atoms with E-state index >= 15 is 4.39 Å². The van der Waals surface area contributed by atoms with Crippen LogP contribution in [0.1, 0.15) is 35.8 Å². The fourth-order valence-corrected chi connectivity index (χ4v) is 5.52. The number of esters is 1. The highest BCUT2D eigenvalue weighted by molar-refractivity contribution is 5.76. The number of aromatic nitrogens is 2. The van der Waals surface area contributed by atoms with Gasteiger partial charge in [0.1, 0.15) is 23.2 Å². The maximum Gasteiger partial charge on any atom is 0.330 e. The third kappa shape index (κ3) is 7.11. The number of alkyl halides is 1. The quantitative estimate of drug-likeness (QED) is 0.162. The molecule has 0 saturated carbocycles. The topological polar surface area (TPSA) is 155 Å². The fourth-order valence-electron chi connectivity index (χ4n) is 5.52. The SMILES string of the molecule is COc1ccc(C(OC[C@H]2O[C@@H](n3ccc(=O)[nH]c3=O)[C@H](F)[C@@H]2OC(=O)CCC(=O)O)(c2ccccc2)c2ccc(OC)cc2)cc1. The first-order chi connectivity index (χ1) is 22.7. The van der Waals surface area contributed by atoms with Crippen molar-refractivity contribution in [3.63, 3.8) is 0 Å². The molecule has 0 spiro atoms. The Morgan fingerprint density at radius 2 is 1.45 bits per heavy atom. The number of carbonyl (C=O) groups excluding carboxylic acids is 1. The molecule has 1 fully saturated rings. The summed E-state index contributed by atoms with van der Waals surface area (Å²) in [6.45, 7) is -0.362. The van der Waals surface area contributed by atoms with Crippen molar-refractivity contribution < 1.29 is 42.8 Å². The van der Waals surface area contributed by atoms with Crippen LogP contribution in [0, 0.1) is 0 Å². The Balaban J connectivity index is 1.58. The summed E-state index contributed by atoms with van der Waals surface area (Å²) in [5, 5.41) is 9.03. The average molecular weight is 649 g/mol. The van der Waals surface area contributed by atoms with Gasteiger partial charge >= 0.3 is 17.6 Å². The minimum Gasteiger partial charge on any atom is -0.497 e. The van der Waals surface area contributed by atoms with Crippen LogP contribution in [0.2, 0.25) is 0 Å². The number of nitrogens with one attached hydrogen (secondary N) is 1. The molecule has 13 heteroatoms. The van der Waals surface area contributed by atoms with Gasteiger partial charge in [-0.15, -0.1) is 0 Å². The lowest BCUT2D eigenvalue weighted by Crippen LogP contribution is -2.41. The number of methoxy groups -OCH3 is 2. The molecule has 1 aliphatic rings. The van der Waals surface area contributed by atoms with Crippen molar-refractivity contribution in [2.75, 3.05) is 20.8 Å². The van der Waals surface area contributed by atoms with Crippen molar-refractivity contribution in [1.82, 2.24) is 9.55 Å². The Kier molecular flexibility index (Phi) is 10.2. The Bertz CT molecular complexity index is 1740. The van der Waals surface area contributed by atoms with E-state index in [-0.39, 0.29) is 6.61 Å². The van der Waals surface area contributed by atoms with E-state index < -0.39 is 66.2 Å². The minimum absolute atomic E-state index is 0.362. The molecule has 4 aromatic rings. The highest BCUT2D eigenvalue weighted by atomic mass is 19.1. The van der Waals surface area contributed by atoms with Crippen LogP contribution < -0.4 is 20.7 Å². The summed E-state index contributed by atoms with van der Waals surface area (Å²) < 4.78 is 46.0. The van der Waals surface area contributed by atoms with Crippen molar-refractivity contribution in [3.05, 3.63) is 129 Å². The van der Waals surface area contributed by atoms with Gasteiger partial charge in [-0.05, 0) is 41.0 Å². The molecule has 4 atom stereocenters. The molecule has 0 unspecified atom stereocenters. The van der Waals surface area contributed by atoms with Crippen molar-refractivity contribution in [3.8, 4) is 11.5 Å². The highest BCUT2D eigenvalue weighted by Gasteiger charge is 2.50. The maximum atomic E-state index is 16.1. The van der Waals surface area contributed by atoms with Crippen LogP contribution in [0.4, 0.5) is 4.39 Å². The van der Waals surface area contributed by atoms with Gasteiger partial charge in [0.15, 0.2) is 18.5 Å². The van der Waals surface area contributed by atoms with E-state index in [1.807, 2.05) is 54.6 Å². The summed E-state index contributed by atoms with van der Waals surface area (Å²) >= 11 is 0. The van der Waals surface area contributed by atoms with Crippen LogP contribution >= 0.6 is 0 Å². The first-order valence-electron chi connectivity index (χ1n) is 14.7. The van der Waals surface area contributed by atoms with Gasteiger partial charge in [0.05, 0.1) is 33.7 Å². The molecule has 246 valence electrons. The molecule has 5 rings (SSSR count). The van der Waals surface area contributed by atoms with E-state index in [1.54, 1.807) is 38.5 Å². The molecule has 47 heavy (non-hydrogen) atoms. The first-order valence-corrected chi connectivity index (χ1v) is 14.7. The maximum absolute atomic E-state index is 16.1. The van der Waals surface area contributed by atoms with Gasteiger partial charge in [0.2, 0.25) is 0 Å². The van der Waals surface area contributed by atoms with Crippen LogP contribution in [0.3, 0.4) is 0 Å². The predicted octanol–water partition coefficient (Wildman–Crippen LogP) is 3.57. The molecule has 0 bridgehead atoms. The molecule has 0 radical (unpaired) electrons. The fraction of sp³-hybridized carbons (Fsp3) is 0.294. The zero-order chi connectivity index (χ0) is 33.6. The number of benzene rings is 3. The normalized spacial score (nSPS) is 19.2. The van der Waals surface area contributed by atoms with Gasteiger partial charge in [-0.25, -0.2) is 9.18 Å². The second-order valence-electron chi connectivity index (χ2n) is 10.7. The van der Waals surface area contributed by atoms with E-state index in [9.17, 15) is 19.2 Å². The monoisotopic (exact) mass is 648 g/mol. The number of carboxylic acids is 1. The molecular formula is C34H33FN2O10. The van der Waals surface area contributed by atoms with Crippen LogP contribution in [0.5, 0.6) is 11.5 Å². The number of rotatable bonds is 13. The number of ether oxygens (including phenoxy) is 5. The zero-order valence-corrected chi connectivity index (χ0v) is 25.5. The van der Waals surface area contributed by atoms with Gasteiger partial charge in [0, 0.05) is 12.3 Å². The molecule has 2 N–H and O–H groups in total. The molecule has 0 amide bonds. The summed E-state index contributed by atoms with van der Waals surface area (Å²) in [4.78, 5) is 50.0. The van der Waals surface area contributed by atoms with Gasteiger partial charge < -0.3 is 28.8 Å². The van der Waals surface area contributed by atoms with Crippen molar-refractivity contribution in [1.29, 1.82) is 0 Å². The van der Waals surface area contributed by atoms with E-state index in [1.165, 1.54) is 0 Å². The van der Waals surface area contributed by atoms with E-state index in [4.69, 9.17) is 28.8 Å². The second-order valence-corrected chi connectivity index (χ2v) is 10.7. The Labute approximate surface area is 268 Å². The van der Waals surface area contributed by atoms with E-state index in [2.05, 4.69) is 4.98 Å². The molecule has 0 aliphatic carbocycles. The predicted molar refractivity (Wildman–Crippen MR) is 165 cm³/mol. The molecule has 2 heterocycles. The summed E-state index contributed by atoms with van der Waals surface area (Å²) in [5.41, 5.74) is -0.908. The van der Waals surface area contributed by atoms with E-state index in [0.29, 0.717) is 28.2 Å². The summed E-state index contributed by atoms with van der Waals surface area (Å²) in [5.74, 6) is -0.993.